The molecule has 20 heavy (non-hydrogen) atoms. The van der Waals surface area contributed by atoms with Crippen LogP contribution in [0.25, 0.3) is 0 Å². The Morgan fingerprint density at radius 1 is 1.00 bits per heavy atom. The van der Waals surface area contributed by atoms with Crippen LogP contribution in [0, 0.1) is 41.0 Å². The van der Waals surface area contributed by atoms with E-state index in [4.69, 9.17) is 5.73 Å². The van der Waals surface area contributed by atoms with Crippen LogP contribution in [0.2, 0.25) is 0 Å². The topological polar surface area (TPSA) is 26.0 Å². The minimum absolute atomic E-state index is 0.0579. The van der Waals surface area contributed by atoms with Gasteiger partial charge in [-0.15, -0.1) is 0 Å². The molecule has 110 valence electrons. The Hall–Kier alpha value is -1.70. The molecule has 1 aromatic carbocycles. The van der Waals surface area contributed by atoms with Crippen molar-refractivity contribution in [2.45, 2.75) is 39.5 Å². The monoisotopic (exact) mass is 287 g/mol. The van der Waals surface area contributed by atoms with E-state index in [0.29, 0.717) is 6.42 Å². The van der Waals surface area contributed by atoms with Gasteiger partial charge >= 0.3 is 0 Å². The molecule has 1 atom stereocenters. The van der Waals surface area contributed by atoms with Crippen molar-refractivity contribution in [2.75, 3.05) is 5.73 Å². The van der Waals surface area contributed by atoms with Crippen LogP contribution in [-0.2, 0) is 0 Å². The molecule has 0 fully saturated rings. The second kappa shape index (κ2) is 7.18. The Bertz CT molecular complexity index is 514. The van der Waals surface area contributed by atoms with Gasteiger partial charge < -0.3 is 5.73 Å². The fourth-order valence-corrected chi connectivity index (χ4v) is 1.76. The summed E-state index contributed by atoms with van der Waals surface area (Å²) in [5, 5.41) is 0. The van der Waals surface area contributed by atoms with Gasteiger partial charge in [0, 0.05) is 5.92 Å². The third-order valence-electron chi connectivity index (χ3n) is 3.10. The zero-order valence-corrected chi connectivity index (χ0v) is 11.5. The SMILES string of the molecule is CCCCC(C#Cc1c(F)c(F)c(N)c(F)c1F)CC. The molecule has 0 aliphatic rings. The van der Waals surface area contributed by atoms with Crippen LogP contribution in [0.4, 0.5) is 23.2 Å². The summed E-state index contributed by atoms with van der Waals surface area (Å²) in [6.07, 6.45) is 3.40. The molecule has 0 amide bonds. The predicted molar refractivity (Wildman–Crippen MR) is 70.9 cm³/mol. The van der Waals surface area contributed by atoms with Crippen LogP contribution in [0.5, 0.6) is 0 Å². The molecule has 0 aliphatic heterocycles. The van der Waals surface area contributed by atoms with E-state index in [1.165, 1.54) is 0 Å². The Balaban J connectivity index is 3.16. The second-order valence-electron chi connectivity index (χ2n) is 4.56. The minimum Gasteiger partial charge on any atom is -0.394 e. The van der Waals surface area contributed by atoms with Gasteiger partial charge in [-0.3, -0.25) is 0 Å². The number of nitrogens with two attached hydrogens (primary N) is 1. The lowest BCUT2D eigenvalue weighted by atomic mass is 9.99. The lowest BCUT2D eigenvalue weighted by Crippen LogP contribution is -2.06. The third-order valence-corrected chi connectivity index (χ3v) is 3.10. The van der Waals surface area contributed by atoms with Crippen molar-refractivity contribution in [3.8, 4) is 11.8 Å². The van der Waals surface area contributed by atoms with Crippen molar-refractivity contribution < 1.29 is 17.6 Å². The summed E-state index contributed by atoms with van der Waals surface area (Å²) in [6, 6.07) is 0. The molecule has 1 nitrogen and oxygen atoms in total. The number of nitrogen functional groups attached to an aromatic ring is 1. The fourth-order valence-electron chi connectivity index (χ4n) is 1.76. The van der Waals surface area contributed by atoms with E-state index >= 15 is 0 Å². The van der Waals surface area contributed by atoms with E-state index in [1.807, 2.05) is 13.8 Å². The maximum absolute atomic E-state index is 13.5. The van der Waals surface area contributed by atoms with Gasteiger partial charge in [-0.25, -0.2) is 17.6 Å². The molecule has 0 aliphatic carbocycles. The number of hydrogen-bond donors (Lipinski definition) is 1. The number of halogens is 4. The number of benzene rings is 1. The van der Waals surface area contributed by atoms with Crippen molar-refractivity contribution in [1.82, 2.24) is 0 Å². The van der Waals surface area contributed by atoms with Crippen molar-refractivity contribution in [1.29, 1.82) is 0 Å². The maximum Gasteiger partial charge on any atom is 0.186 e. The first-order valence-electron chi connectivity index (χ1n) is 6.56. The van der Waals surface area contributed by atoms with Gasteiger partial charge in [0.15, 0.2) is 23.3 Å². The van der Waals surface area contributed by atoms with E-state index in [1.54, 1.807) is 0 Å². The van der Waals surface area contributed by atoms with Gasteiger partial charge in [0.05, 0.1) is 0 Å². The molecule has 1 aromatic rings. The number of unbranched alkanes of at least 4 members (excludes halogenated alkanes) is 1. The molecular weight excluding hydrogens is 270 g/mol. The fraction of sp³-hybridized carbons (Fsp3) is 0.467. The van der Waals surface area contributed by atoms with Gasteiger partial charge in [-0.1, -0.05) is 38.5 Å². The van der Waals surface area contributed by atoms with E-state index in [9.17, 15) is 17.6 Å². The first-order chi connectivity index (χ1) is 9.43. The molecule has 0 spiro atoms. The van der Waals surface area contributed by atoms with Crippen molar-refractivity contribution in [3.05, 3.63) is 28.8 Å². The summed E-state index contributed by atoms with van der Waals surface area (Å²) in [4.78, 5) is 0. The highest BCUT2D eigenvalue weighted by Crippen LogP contribution is 2.25. The summed E-state index contributed by atoms with van der Waals surface area (Å²) in [5.41, 5.74) is 2.86. The van der Waals surface area contributed by atoms with Crippen LogP contribution in [0.1, 0.15) is 45.1 Å². The molecule has 1 rings (SSSR count). The quantitative estimate of drug-likeness (QED) is 0.378. The number of rotatable bonds is 4. The molecule has 0 saturated carbocycles. The van der Waals surface area contributed by atoms with Gasteiger partial charge in [-0.05, 0) is 12.8 Å². The summed E-state index contributed by atoms with van der Waals surface area (Å²) in [7, 11) is 0. The van der Waals surface area contributed by atoms with E-state index in [0.717, 1.165) is 19.3 Å². The van der Waals surface area contributed by atoms with Crippen LogP contribution in [-0.4, -0.2) is 0 Å². The van der Waals surface area contributed by atoms with E-state index < -0.39 is 34.5 Å². The lowest BCUT2D eigenvalue weighted by Gasteiger charge is -2.07. The van der Waals surface area contributed by atoms with Crippen molar-refractivity contribution in [2.24, 2.45) is 5.92 Å². The summed E-state index contributed by atoms with van der Waals surface area (Å²) in [5.74, 6) is -1.46. The Labute approximate surface area is 116 Å². The highest BCUT2D eigenvalue weighted by atomic mass is 19.2. The highest BCUT2D eigenvalue weighted by molar-refractivity contribution is 5.50. The molecule has 0 bridgehead atoms. The average molecular weight is 287 g/mol. The zero-order chi connectivity index (χ0) is 15.3. The Morgan fingerprint density at radius 3 is 2.00 bits per heavy atom. The Morgan fingerprint density at radius 2 is 1.55 bits per heavy atom. The largest absolute Gasteiger partial charge is 0.394 e. The molecule has 1 unspecified atom stereocenters. The second-order valence-corrected chi connectivity index (χ2v) is 4.56. The zero-order valence-electron chi connectivity index (χ0n) is 11.5. The first kappa shape index (κ1) is 16.4. The summed E-state index contributed by atoms with van der Waals surface area (Å²) < 4.78 is 53.6. The highest BCUT2D eigenvalue weighted by Gasteiger charge is 2.22. The predicted octanol–water partition coefficient (Wildman–Crippen LogP) is 4.39. The van der Waals surface area contributed by atoms with E-state index in [-0.39, 0.29) is 5.92 Å². The number of anilines is 1. The van der Waals surface area contributed by atoms with Gasteiger partial charge in [0.2, 0.25) is 0 Å². The first-order valence-corrected chi connectivity index (χ1v) is 6.56. The molecular formula is C15H17F4N. The Kier molecular flexibility index (Phi) is 5.87. The van der Waals surface area contributed by atoms with Crippen LogP contribution in [0.3, 0.4) is 0 Å². The molecule has 0 radical (unpaired) electrons. The normalized spacial score (nSPS) is 11.9. The van der Waals surface area contributed by atoms with Crippen LogP contribution >= 0.6 is 0 Å². The van der Waals surface area contributed by atoms with Crippen molar-refractivity contribution in [3.63, 3.8) is 0 Å². The lowest BCUT2D eigenvalue weighted by molar-refractivity contribution is 0.456. The number of hydrogen-bond acceptors (Lipinski definition) is 1. The van der Waals surface area contributed by atoms with Gasteiger partial charge in [0.1, 0.15) is 11.3 Å². The van der Waals surface area contributed by atoms with Crippen molar-refractivity contribution >= 4 is 5.69 Å². The smallest absolute Gasteiger partial charge is 0.186 e. The molecule has 2 N–H and O–H groups in total. The summed E-state index contributed by atoms with van der Waals surface area (Å²) in [6.45, 7) is 3.91. The van der Waals surface area contributed by atoms with Crippen LogP contribution < -0.4 is 5.73 Å². The molecule has 5 heteroatoms. The van der Waals surface area contributed by atoms with Crippen LogP contribution in [0.15, 0.2) is 0 Å². The van der Waals surface area contributed by atoms with E-state index in [2.05, 4.69) is 11.8 Å². The van der Waals surface area contributed by atoms with Gasteiger partial charge in [-0.2, -0.15) is 0 Å². The van der Waals surface area contributed by atoms with Gasteiger partial charge in [0.25, 0.3) is 0 Å². The third kappa shape index (κ3) is 3.44. The molecule has 0 heterocycles. The summed E-state index contributed by atoms with van der Waals surface area (Å²) >= 11 is 0. The standard InChI is InChI=1S/C15H17F4N/c1-3-5-6-9(4-2)7-8-10-11(16)13(18)15(20)14(19)12(10)17/h9H,3-6,20H2,1-2H3. The molecule has 0 saturated heterocycles. The molecule has 0 aromatic heterocycles. The minimum atomic E-state index is -1.60. The average Bonchev–Trinajstić information content (AvgIpc) is 2.46. The maximum atomic E-state index is 13.5.